The lowest BCUT2D eigenvalue weighted by Gasteiger charge is -2.05. The van der Waals surface area contributed by atoms with E-state index in [0.717, 1.165) is 5.88 Å². The summed E-state index contributed by atoms with van der Waals surface area (Å²) < 4.78 is 5.35. The number of rotatable bonds is 3. The minimum Gasteiger partial charge on any atom is -0.440 e. The van der Waals surface area contributed by atoms with Crippen LogP contribution in [0.15, 0.2) is 21.7 Å². The van der Waals surface area contributed by atoms with Crippen molar-refractivity contribution >= 4 is 18.0 Å². The first kappa shape index (κ1) is 10.3. The van der Waals surface area contributed by atoms with Crippen molar-refractivity contribution in [2.24, 2.45) is 5.10 Å². The lowest BCUT2D eigenvalue weighted by Crippen LogP contribution is -2.12. The van der Waals surface area contributed by atoms with E-state index in [1.807, 2.05) is 25.1 Å². The molecule has 0 atom stereocenters. The summed E-state index contributed by atoms with van der Waals surface area (Å²) in [6, 6.07) is 3.61. The minimum atomic E-state index is -0.208. The van der Waals surface area contributed by atoms with Gasteiger partial charge in [-0.1, -0.05) is 0 Å². The Morgan fingerprint density at radius 2 is 2.29 bits per heavy atom. The van der Waals surface area contributed by atoms with Gasteiger partial charge in [0.2, 0.25) is 5.91 Å². The largest absolute Gasteiger partial charge is 0.440 e. The molecule has 1 rings (SSSR count). The van der Waals surface area contributed by atoms with Gasteiger partial charge in [0.05, 0.1) is 6.21 Å². The second-order valence-corrected chi connectivity index (χ2v) is 3.00. The van der Waals surface area contributed by atoms with Gasteiger partial charge in [-0.3, -0.25) is 4.79 Å². The average Bonchev–Trinajstić information content (AvgIpc) is 2.52. The van der Waals surface area contributed by atoms with Gasteiger partial charge < -0.3 is 9.32 Å². The van der Waals surface area contributed by atoms with E-state index >= 15 is 0 Å². The highest BCUT2D eigenvalue weighted by Gasteiger charge is 2.00. The maximum atomic E-state index is 10.5. The van der Waals surface area contributed by atoms with Crippen LogP contribution in [-0.2, 0) is 4.79 Å². The fourth-order valence-corrected chi connectivity index (χ4v) is 0.839. The maximum absolute atomic E-state index is 10.5. The number of hydrogen-bond acceptors (Lipinski definition) is 4. The lowest BCUT2D eigenvalue weighted by atomic mass is 10.5. The minimum absolute atomic E-state index is 0.208. The van der Waals surface area contributed by atoms with Gasteiger partial charge in [0.1, 0.15) is 5.76 Å². The molecule has 0 unspecified atom stereocenters. The van der Waals surface area contributed by atoms with Crippen molar-refractivity contribution in [1.82, 2.24) is 5.43 Å². The van der Waals surface area contributed by atoms with Crippen LogP contribution in [0.3, 0.4) is 0 Å². The van der Waals surface area contributed by atoms with Crippen LogP contribution < -0.4 is 10.3 Å². The van der Waals surface area contributed by atoms with Gasteiger partial charge in [0, 0.05) is 27.1 Å². The van der Waals surface area contributed by atoms with Crippen molar-refractivity contribution in [2.75, 3.05) is 19.0 Å². The fourth-order valence-electron chi connectivity index (χ4n) is 0.839. The van der Waals surface area contributed by atoms with Gasteiger partial charge in [-0.15, -0.1) is 0 Å². The number of carbonyl (C=O) groups is 1. The van der Waals surface area contributed by atoms with Gasteiger partial charge in [-0.2, -0.15) is 5.10 Å². The second kappa shape index (κ2) is 4.45. The summed E-state index contributed by atoms with van der Waals surface area (Å²) in [5, 5.41) is 3.68. The number of furan rings is 1. The van der Waals surface area contributed by atoms with Gasteiger partial charge in [0.25, 0.3) is 0 Å². The lowest BCUT2D eigenvalue weighted by molar-refractivity contribution is -0.118. The Morgan fingerprint density at radius 3 is 2.79 bits per heavy atom. The van der Waals surface area contributed by atoms with E-state index in [0.29, 0.717) is 5.76 Å². The molecule has 1 amide bonds. The first-order valence-electron chi connectivity index (χ1n) is 4.16. The Hall–Kier alpha value is -1.78. The van der Waals surface area contributed by atoms with E-state index in [4.69, 9.17) is 4.42 Å². The zero-order valence-corrected chi connectivity index (χ0v) is 8.44. The molecule has 0 aromatic carbocycles. The summed E-state index contributed by atoms with van der Waals surface area (Å²) in [4.78, 5) is 12.3. The Kier molecular flexibility index (Phi) is 3.28. The van der Waals surface area contributed by atoms with Crippen LogP contribution in [0, 0.1) is 0 Å². The first-order chi connectivity index (χ1) is 6.59. The molecule has 14 heavy (non-hydrogen) atoms. The number of anilines is 1. The monoisotopic (exact) mass is 195 g/mol. The third-order valence-corrected chi connectivity index (χ3v) is 1.47. The zero-order valence-electron chi connectivity index (χ0n) is 8.44. The summed E-state index contributed by atoms with van der Waals surface area (Å²) in [5.41, 5.74) is 2.29. The quantitative estimate of drug-likeness (QED) is 0.573. The molecule has 0 radical (unpaired) electrons. The third-order valence-electron chi connectivity index (χ3n) is 1.47. The van der Waals surface area contributed by atoms with Crippen molar-refractivity contribution in [2.45, 2.75) is 6.92 Å². The molecule has 0 spiro atoms. The number of carbonyl (C=O) groups excluding carboxylic acids is 1. The van der Waals surface area contributed by atoms with E-state index in [1.54, 1.807) is 6.07 Å². The number of amides is 1. The van der Waals surface area contributed by atoms with E-state index in [1.165, 1.54) is 13.1 Å². The van der Waals surface area contributed by atoms with Crippen molar-refractivity contribution in [1.29, 1.82) is 0 Å². The molecule has 0 bridgehead atoms. The van der Waals surface area contributed by atoms with E-state index < -0.39 is 0 Å². The topological polar surface area (TPSA) is 57.8 Å². The molecular weight excluding hydrogens is 182 g/mol. The predicted molar refractivity (Wildman–Crippen MR) is 54.4 cm³/mol. The molecule has 1 aromatic heterocycles. The summed E-state index contributed by atoms with van der Waals surface area (Å²) in [6.07, 6.45) is 1.45. The molecule has 0 saturated heterocycles. The molecule has 0 aliphatic rings. The number of nitrogens with zero attached hydrogens (tertiary/aromatic N) is 2. The Balaban J connectivity index is 2.59. The number of hydrazone groups is 1. The molecule has 0 saturated carbocycles. The SMILES string of the molecule is CC(=O)NN=Cc1ccc(N(C)C)o1. The molecule has 5 heteroatoms. The van der Waals surface area contributed by atoms with Crippen LogP contribution in [-0.4, -0.2) is 26.2 Å². The second-order valence-electron chi connectivity index (χ2n) is 3.00. The molecule has 0 aliphatic heterocycles. The molecule has 76 valence electrons. The summed E-state index contributed by atoms with van der Waals surface area (Å²) >= 11 is 0. The smallest absolute Gasteiger partial charge is 0.236 e. The van der Waals surface area contributed by atoms with Crippen molar-refractivity contribution < 1.29 is 9.21 Å². The molecule has 0 aliphatic carbocycles. The third kappa shape index (κ3) is 2.93. The Labute approximate surface area is 82.4 Å². The Morgan fingerprint density at radius 1 is 1.57 bits per heavy atom. The standard InChI is InChI=1S/C9H13N3O2/c1-7(13)11-10-6-8-4-5-9(14-8)12(2)3/h4-6H,1-3H3,(H,11,13). The van der Waals surface area contributed by atoms with Crippen molar-refractivity contribution in [3.05, 3.63) is 17.9 Å². The van der Waals surface area contributed by atoms with Crippen molar-refractivity contribution in [3.63, 3.8) is 0 Å². The van der Waals surface area contributed by atoms with Crippen molar-refractivity contribution in [3.8, 4) is 0 Å². The van der Waals surface area contributed by atoms with Crippen LogP contribution in [0.25, 0.3) is 0 Å². The first-order valence-corrected chi connectivity index (χ1v) is 4.16. The van der Waals surface area contributed by atoms with Crippen LogP contribution in [0.2, 0.25) is 0 Å². The van der Waals surface area contributed by atoms with E-state index in [-0.39, 0.29) is 5.91 Å². The molecule has 5 nitrogen and oxygen atoms in total. The summed E-state index contributed by atoms with van der Waals surface area (Å²) in [7, 11) is 3.77. The number of nitrogens with one attached hydrogen (secondary N) is 1. The predicted octanol–water partition coefficient (Wildman–Crippen LogP) is 0.816. The Bertz CT molecular complexity index is 342. The summed E-state index contributed by atoms with van der Waals surface area (Å²) in [6.45, 7) is 1.39. The highest BCUT2D eigenvalue weighted by Crippen LogP contribution is 2.13. The van der Waals surface area contributed by atoms with Crippen LogP contribution in [0.1, 0.15) is 12.7 Å². The maximum Gasteiger partial charge on any atom is 0.236 e. The molecule has 1 heterocycles. The summed E-state index contributed by atoms with van der Waals surface area (Å²) in [5.74, 6) is 1.14. The van der Waals surface area contributed by atoms with E-state index in [2.05, 4.69) is 10.5 Å². The van der Waals surface area contributed by atoms with Gasteiger partial charge in [-0.25, -0.2) is 5.43 Å². The molecular formula is C9H13N3O2. The van der Waals surface area contributed by atoms with Crippen LogP contribution in [0.4, 0.5) is 5.88 Å². The van der Waals surface area contributed by atoms with Gasteiger partial charge >= 0.3 is 0 Å². The highest BCUT2D eigenvalue weighted by atomic mass is 16.4. The molecule has 1 aromatic rings. The highest BCUT2D eigenvalue weighted by molar-refractivity contribution is 5.79. The molecule has 0 fully saturated rings. The van der Waals surface area contributed by atoms with Crippen LogP contribution >= 0.6 is 0 Å². The van der Waals surface area contributed by atoms with E-state index in [9.17, 15) is 4.79 Å². The van der Waals surface area contributed by atoms with Gasteiger partial charge in [0.15, 0.2) is 5.88 Å². The molecule has 1 N–H and O–H groups in total. The number of hydrogen-bond donors (Lipinski definition) is 1. The van der Waals surface area contributed by atoms with Gasteiger partial charge in [-0.05, 0) is 6.07 Å². The fraction of sp³-hybridized carbons (Fsp3) is 0.333. The van der Waals surface area contributed by atoms with Crippen LogP contribution in [0.5, 0.6) is 0 Å². The normalized spacial score (nSPS) is 10.5. The zero-order chi connectivity index (χ0) is 10.6. The average molecular weight is 195 g/mol.